The van der Waals surface area contributed by atoms with Crippen LogP contribution in [-0.4, -0.2) is 49.8 Å². The fraction of sp³-hybridized carbons (Fsp3) is 0.0476. The molecule has 8 nitrogen and oxygen atoms in total. The first-order chi connectivity index (χ1) is 14.3. The number of benzene rings is 2. The van der Waals surface area contributed by atoms with Gasteiger partial charge in [0, 0.05) is 12.6 Å². The van der Waals surface area contributed by atoms with Gasteiger partial charge in [-0.1, -0.05) is 18.2 Å². The number of carboxylic acid groups (broad SMARTS) is 2. The maximum atomic E-state index is 12.8. The minimum absolute atomic E-state index is 0.141. The zero-order valence-electron chi connectivity index (χ0n) is 15.5. The molecule has 0 bridgehead atoms. The van der Waals surface area contributed by atoms with Crippen LogP contribution in [0.2, 0.25) is 0 Å². The molecule has 1 aliphatic heterocycles. The van der Waals surface area contributed by atoms with E-state index in [1.807, 2.05) is 0 Å². The predicted octanol–water partition coefficient (Wildman–Crippen LogP) is 3.58. The van der Waals surface area contributed by atoms with Crippen molar-refractivity contribution in [3.63, 3.8) is 0 Å². The lowest BCUT2D eigenvalue weighted by Gasteiger charge is -2.12. The van der Waals surface area contributed by atoms with Gasteiger partial charge in [0.05, 0.1) is 16.2 Å². The Bertz CT molecular complexity index is 1100. The minimum Gasteiger partial charge on any atom is -0.507 e. The van der Waals surface area contributed by atoms with E-state index in [-0.39, 0.29) is 29.3 Å². The highest BCUT2D eigenvalue weighted by atomic mass is 32.2. The largest absolute Gasteiger partial charge is 0.507 e. The Hall–Kier alpha value is -3.85. The topological polar surface area (TPSA) is 128 Å². The number of aliphatic imine (C=N–C) groups is 1. The van der Waals surface area contributed by atoms with Crippen LogP contribution in [0.25, 0.3) is 6.08 Å². The zero-order chi connectivity index (χ0) is 21.8. The van der Waals surface area contributed by atoms with Gasteiger partial charge >= 0.3 is 11.9 Å². The Morgan fingerprint density at radius 2 is 1.80 bits per heavy atom. The normalized spacial score (nSPS) is 16.3. The van der Waals surface area contributed by atoms with Gasteiger partial charge in [-0.2, -0.15) is 0 Å². The van der Waals surface area contributed by atoms with Crippen LogP contribution in [0.4, 0.5) is 5.69 Å². The van der Waals surface area contributed by atoms with Gasteiger partial charge in [-0.3, -0.25) is 9.69 Å². The minimum atomic E-state index is -1.26. The SMILES string of the molecule is C=CCN1C(=O)/C(=C/c2ccc(C(=O)O)cc2)SC1=Nc1ccc(C(=O)O)c(O)c1. The second kappa shape index (κ2) is 8.66. The Labute approximate surface area is 175 Å². The standard InChI is InChI=1S/C21H16N2O6S/c1-2-9-23-18(25)17(10-12-3-5-13(6-4-12)19(26)27)30-21(23)22-14-7-8-15(20(28)29)16(24)11-14/h2-8,10-11,24H,1,9H2,(H,26,27)(H,28,29)/b17-10-,22-21?. The van der Waals surface area contributed by atoms with Crippen molar-refractivity contribution in [2.45, 2.75) is 0 Å². The Kier molecular flexibility index (Phi) is 6.03. The van der Waals surface area contributed by atoms with E-state index in [1.54, 1.807) is 24.3 Å². The van der Waals surface area contributed by atoms with Crippen molar-refractivity contribution in [3.05, 3.63) is 76.7 Å². The highest BCUT2D eigenvalue weighted by molar-refractivity contribution is 8.18. The molecule has 3 rings (SSSR count). The summed E-state index contributed by atoms with van der Waals surface area (Å²) in [5.74, 6) is -3.02. The molecule has 0 aliphatic carbocycles. The van der Waals surface area contributed by atoms with Crippen LogP contribution < -0.4 is 0 Å². The molecule has 3 N–H and O–H groups in total. The second-order valence-electron chi connectivity index (χ2n) is 6.14. The van der Waals surface area contributed by atoms with Crippen LogP contribution in [0.3, 0.4) is 0 Å². The number of thioether (sulfide) groups is 1. The molecule has 0 radical (unpaired) electrons. The van der Waals surface area contributed by atoms with Gasteiger partial charge < -0.3 is 15.3 Å². The van der Waals surface area contributed by atoms with E-state index in [4.69, 9.17) is 10.2 Å². The number of carbonyl (C=O) groups is 3. The molecular formula is C21H16N2O6S. The highest BCUT2D eigenvalue weighted by Crippen LogP contribution is 2.35. The molecule has 0 aromatic heterocycles. The molecule has 1 heterocycles. The monoisotopic (exact) mass is 424 g/mol. The number of hydrogen-bond acceptors (Lipinski definition) is 6. The second-order valence-corrected chi connectivity index (χ2v) is 7.15. The van der Waals surface area contributed by atoms with Crippen LogP contribution in [0, 0.1) is 0 Å². The lowest BCUT2D eigenvalue weighted by molar-refractivity contribution is -0.121. The highest BCUT2D eigenvalue weighted by Gasteiger charge is 2.32. The van der Waals surface area contributed by atoms with Crippen molar-refractivity contribution >= 4 is 46.5 Å². The molecule has 1 saturated heterocycles. The van der Waals surface area contributed by atoms with Gasteiger partial charge in [-0.25, -0.2) is 14.6 Å². The average Bonchev–Trinajstić information content (AvgIpc) is 2.97. The third-order valence-corrected chi connectivity index (χ3v) is 5.10. The van der Waals surface area contributed by atoms with E-state index in [2.05, 4.69) is 11.6 Å². The molecule has 152 valence electrons. The number of carboxylic acids is 2. The van der Waals surface area contributed by atoms with Crippen molar-refractivity contribution in [1.29, 1.82) is 0 Å². The first kappa shape index (κ1) is 20.9. The molecule has 0 unspecified atom stereocenters. The number of aromatic hydroxyl groups is 1. The lowest BCUT2D eigenvalue weighted by Crippen LogP contribution is -2.29. The summed E-state index contributed by atoms with van der Waals surface area (Å²) in [6.45, 7) is 3.85. The number of hydrogen-bond donors (Lipinski definition) is 3. The first-order valence-corrected chi connectivity index (χ1v) is 9.42. The van der Waals surface area contributed by atoms with Gasteiger partial charge in [0.15, 0.2) is 5.17 Å². The van der Waals surface area contributed by atoms with E-state index in [0.717, 1.165) is 11.8 Å². The molecule has 9 heteroatoms. The Morgan fingerprint density at radius 3 is 2.37 bits per heavy atom. The Balaban J connectivity index is 1.93. The number of nitrogens with zero attached hydrogens (tertiary/aromatic N) is 2. The van der Waals surface area contributed by atoms with E-state index in [0.29, 0.717) is 15.6 Å². The van der Waals surface area contributed by atoms with E-state index < -0.39 is 17.7 Å². The van der Waals surface area contributed by atoms with Crippen LogP contribution in [0.5, 0.6) is 5.75 Å². The molecule has 1 fully saturated rings. The summed E-state index contributed by atoms with van der Waals surface area (Å²) in [5, 5.41) is 28.2. The van der Waals surface area contributed by atoms with E-state index in [9.17, 15) is 19.5 Å². The number of amides is 1. The van der Waals surface area contributed by atoms with Crippen LogP contribution in [-0.2, 0) is 4.79 Å². The number of rotatable bonds is 6. The number of aromatic carboxylic acids is 2. The smallest absolute Gasteiger partial charge is 0.339 e. The molecule has 0 atom stereocenters. The Morgan fingerprint density at radius 1 is 1.10 bits per heavy atom. The van der Waals surface area contributed by atoms with E-state index in [1.165, 1.54) is 35.2 Å². The van der Waals surface area contributed by atoms with Gasteiger partial charge in [0.1, 0.15) is 11.3 Å². The summed E-state index contributed by atoms with van der Waals surface area (Å²) in [4.78, 5) is 40.9. The third-order valence-electron chi connectivity index (χ3n) is 4.09. The van der Waals surface area contributed by atoms with Crippen LogP contribution in [0.1, 0.15) is 26.3 Å². The average molecular weight is 424 g/mol. The molecule has 0 saturated carbocycles. The van der Waals surface area contributed by atoms with Crippen molar-refractivity contribution in [2.24, 2.45) is 4.99 Å². The molecule has 1 amide bonds. The number of amidine groups is 1. The van der Waals surface area contributed by atoms with Crippen molar-refractivity contribution in [2.75, 3.05) is 6.54 Å². The molecular weight excluding hydrogens is 408 g/mol. The van der Waals surface area contributed by atoms with Crippen molar-refractivity contribution in [3.8, 4) is 5.75 Å². The molecule has 2 aromatic carbocycles. The first-order valence-electron chi connectivity index (χ1n) is 8.61. The number of carbonyl (C=O) groups excluding carboxylic acids is 1. The van der Waals surface area contributed by atoms with Crippen molar-refractivity contribution in [1.82, 2.24) is 4.90 Å². The molecule has 2 aromatic rings. The fourth-order valence-corrected chi connectivity index (χ4v) is 3.64. The maximum absolute atomic E-state index is 12.8. The predicted molar refractivity (Wildman–Crippen MR) is 113 cm³/mol. The summed E-state index contributed by atoms with van der Waals surface area (Å²) >= 11 is 1.11. The fourth-order valence-electron chi connectivity index (χ4n) is 2.64. The number of phenols is 1. The summed E-state index contributed by atoms with van der Waals surface area (Å²) in [7, 11) is 0. The summed E-state index contributed by atoms with van der Waals surface area (Å²) in [6.07, 6.45) is 3.17. The summed E-state index contributed by atoms with van der Waals surface area (Å²) in [6, 6.07) is 9.96. The maximum Gasteiger partial charge on any atom is 0.339 e. The zero-order valence-corrected chi connectivity index (χ0v) is 16.3. The summed E-state index contributed by atoms with van der Waals surface area (Å²) < 4.78 is 0. The van der Waals surface area contributed by atoms with Gasteiger partial charge in [0.2, 0.25) is 0 Å². The quantitative estimate of drug-likeness (QED) is 0.478. The van der Waals surface area contributed by atoms with Gasteiger partial charge in [-0.05, 0) is 47.7 Å². The van der Waals surface area contributed by atoms with Crippen LogP contribution in [0.15, 0.2) is 65.0 Å². The van der Waals surface area contributed by atoms with Gasteiger partial charge in [-0.15, -0.1) is 6.58 Å². The molecule has 0 spiro atoms. The lowest BCUT2D eigenvalue weighted by atomic mass is 10.1. The van der Waals surface area contributed by atoms with E-state index >= 15 is 0 Å². The molecule has 1 aliphatic rings. The van der Waals surface area contributed by atoms with Crippen molar-refractivity contribution < 1.29 is 29.7 Å². The van der Waals surface area contributed by atoms with Crippen LogP contribution >= 0.6 is 11.8 Å². The molecule has 30 heavy (non-hydrogen) atoms. The van der Waals surface area contributed by atoms with Gasteiger partial charge in [0.25, 0.3) is 5.91 Å². The summed E-state index contributed by atoms with van der Waals surface area (Å²) in [5.41, 5.74) is 0.832. The third kappa shape index (κ3) is 4.41.